The number of hydrogen-bond donors (Lipinski definition) is 1. The van der Waals surface area contributed by atoms with Crippen molar-refractivity contribution in [3.63, 3.8) is 0 Å². The summed E-state index contributed by atoms with van der Waals surface area (Å²) in [6.45, 7) is 4.93. The molecular formula is C22H28N6O4. The number of aliphatic hydroxyl groups excluding tert-OH is 1. The monoisotopic (exact) mass is 440 g/mol. The van der Waals surface area contributed by atoms with Gasteiger partial charge in [0.25, 0.3) is 0 Å². The van der Waals surface area contributed by atoms with Crippen LogP contribution in [0.3, 0.4) is 0 Å². The predicted octanol–water partition coefficient (Wildman–Crippen LogP) is 1.06. The number of methoxy groups -OCH3 is 1. The van der Waals surface area contributed by atoms with Gasteiger partial charge in [0.1, 0.15) is 18.3 Å². The first kappa shape index (κ1) is 21.1. The fourth-order valence-corrected chi connectivity index (χ4v) is 4.32. The molecular weight excluding hydrogens is 412 g/mol. The summed E-state index contributed by atoms with van der Waals surface area (Å²) in [5.74, 6) is 1.66. The van der Waals surface area contributed by atoms with Crippen LogP contribution >= 0.6 is 0 Å². The van der Waals surface area contributed by atoms with Gasteiger partial charge in [0.15, 0.2) is 17.0 Å². The molecule has 0 aliphatic carbocycles. The average Bonchev–Trinajstić information content (AvgIpc) is 3.29. The molecule has 170 valence electrons. The van der Waals surface area contributed by atoms with E-state index in [1.807, 2.05) is 16.7 Å². The molecule has 2 aliphatic heterocycles. The van der Waals surface area contributed by atoms with E-state index in [-0.39, 0.29) is 18.9 Å². The zero-order valence-corrected chi connectivity index (χ0v) is 18.1. The Kier molecular flexibility index (Phi) is 6.17. The van der Waals surface area contributed by atoms with Crippen LogP contribution in [-0.4, -0.2) is 88.7 Å². The van der Waals surface area contributed by atoms with Crippen LogP contribution < -0.4 is 9.64 Å². The van der Waals surface area contributed by atoms with E-state index >= 15 is 0 Å². The molecule has 0 amide bonds. The number of aliphatic hydroxyl groups is 1. The third-order valence-electron chi connectivity index (χ3n) is 5.95. The predicted molar refractivity (Wildman–Crippen MR) is 118 cm³/mol. The van der Waals surface area contributed by atoms with Crippen LogP contribution in [0.4, 0.5) is 5.82 Å². The highest BCUT2D eigenvalue weighted by molar-refractivity contribution is 5.83. The van der Waals surface area contributed by atoms with Crippen molar-refractivity contribution in [2.24, 2.45) is 0 Å². The molecule has 10 heteroatoms. The molecule has 10 nitrogen and oxygen atoms in total. The summed E-state index contributed by atoms with van der Waals surface area (Å²) >= 11 is 0. The first-order valence-corrected chi connectivity index (χ1v) is 10.9. The summed E-state index contributed by atoms with van der Waals surface area (Å²) in [6, 6.07) is 8.05. The van der Waals surface area contributed by atoms with E-state index in [0.29, 0.717) is 26.3 Å². The Hall–Kier alpha value is -2.79. The molecule has 2 aromatic heterocycles. The smallest absolute Gasteiger partial charge is 0.167 e. The first-order valence-electron chi connectivity index (χ1n) is 10.9. The van der Waals surface area contributed by atoms with E-state index in [1.165, 1.54) is 5.56 Å². The number of imidazole rings is 1. The van der Waals surface area contributed by atoms with Gasteiger partial charge in [0.05, 0.1) is 39.4 Å². The minimum absolute atomic E-state index is 0.0454. The lowest BCUT2D eigenvalue weighted by molar-refractivity contribution is -0.135. The molecule has 0 radical (unpaired) electrons. The SMILES string of the molecule is COc1ccc(CN2C[C@@H](CO)O[C@@H](n3cnc4c(N5CCOCC5)ncnc43)C2)cc1. The molecule has 2 aliphatic rings. The molecule has 2 fully saturated rings. The topological polar surface area (TPSA) is 98.0 Å². The fourth-order valence-electron chi connectivity index (χ4n) is 4.32. The third-order valence-corrected chi connectivity index (χ3v) is 5.95. The van der Waals surface area contributed by atoms with Crippen LogP contribution in [0.1, 0.15) is 11.8 Å². The molecule has 0 saturated carbocycles. The highest BCUT2D eigenvalue weighted by Crippen LogP contribution is 2.28. The molecule has 32 heavy (non-hydrogen) atoms. The van der Waals surface area contributed by atoms with Crippen LogP contribution in [0, 0.1) is 0 Å². The standard InChI is InChI=1S/C22H28N6O4/c1-30-17-4-2-16(3-5-17)10-26-11-18(13-29)32-19(12-26)28-15-25-20-21(23-14-24-22(20)28)27-6-8-31-9-7-27/h2-5,14-15,18-19,29H,6-13H2,1H3/t18-,19+/m0/s1. The lowest BCUT2D eigenvalue weighted by Crippen LogP contribution is -2.46. The van der Waals surface area contributed by atoms with Crippen LogP contribution in [0.15, 0.2) is 36.9 Å². The number of anilines is 1. The summed E-state index contributed by atoms with van der Waals surface area (Å²) < 4.78 is 18.9. The van der Waals surface area contributed by atoms with E-state index in [1.54, 1.807) is 19.8 Å². The lowest BCUT2D eigenvalue weighted by atomic mass is 10.1. The van der Waals surface area contributed by atoms with Crippen LogP contribution in [0.2, 0.25) is 0 Å². The Balaban J connectivity index is 1.39. The van der Waals surface area contributed by atoms with Gasteiger partial charge in [-0.25, -0.2) is 15.0 Å². The number of ether oxygens (including phenoxy) is 3. The van der Waals surface area contributed by atoms with Crippen molar-refractivity contribution in [3.8, 4) is 5.75 Å². The molecule has 4 heterocycles. The molecule has 5 rings (SSSR count). The molecule has 1 N–H and O–H groups in total. The zero-order chi connectivity index (χ0) is 21.9. The van der Waals surface area contributed by atoms with Gasteiger partial charge in [0.2, 0.25) is 0 Å². The molecule has 3 aromatic rings. The maximum atomic E-state index is 9.85. The van der Waals surface area contributed by atoms with Gasteiger partial charge in [-0.05, 0) is 17.7 Å². The maximum Gasteiger partial charge on any atom is 0.167 e. The Morgan fingerprint density at radius 2 is 1.91 bits per heavy atom. The second-order valence-electron chi connectivity index (χ2n) is 8.06. The largest absolute Gasteiger partial charge is 0.497 e. The second kappa shape index (κ2) is 9.37. The highest BCUT2D eigenvalue weighted by atomic mass is 16.5. The van der Waals surface area contributed by atoms with Gasteiger partial charge in [-0.3, -0.25) is 9.47 Å². The van der Waals surface area contributed by atoms with Crippen molar-refractivity contribution < 1.29 is 19.3 Å². The minimum Gasteiger partial charge on any atom is -0.497 e. The van der Waals surface area contributed by atoms with Gasteiger partial charge >= 0.3 is 0 Å². The van der Waals surface area contributed by atoms with Crippen molar-refractivity contribution in [3.05, 3.63) is 42.5 Å². The Morgan fingerprint density at radius 1 is 1.09 bits per heavy atom. The summed E-state index contributed by atoms with van der Waals surface area (Å²) in [4.78, 5) is 18.1. The van der Waals surface area contributed by atoms with Crippen molar-refractivity contribution in [2.45, 2.75) is 18.9 Å². The first-order chi connectivity index (χ1) is 15.7. The van der Waals surface area contributed by atoms with Crippen LogP contribution in [0.5, 0.6) is 5.75 Å². The quantitative estimate of drug-likeness (QED) is 0.603. The number of hydrogen-bond acceptors (Lipinski definition) is 9. The number of benzene rings is 1. The normalized spacial score (nSPS) is 22.4. The van der Waals surface area contributed by atoms with Crippen molar-refractivity contribution >= 4 is 17.0 Å². The fraction of sp³-hybridized carbons (Fsp3) is 0.500. The molecule has 0 unspecified atom stereocenters. The number of nitrogens with zero attached hydrogens (tertiary/aromatic N) is 6. The van der Waals surface area contributed by atoms with Crippen molar-refractivity contribution in [2.75, 3.05) is 58.0 Å². The van der Waals surface area contributed by atoms with E-state index < -0.39 is 0 Å². The van der Waals surface area contributed by atoms with Crippen molar-refractivity contribution in [1.82, 2.24) is 24.4 Å². The lowest BCUT2D eigenvalue weighted by Gasteiger charge is -2.38. The maximum absolute atomic E-state index is 9.85. The molecule has 2 atom stereocenters. The average molecular weight is 441 g/mol. The molecule has 1 aromatic carbocycles. The van der Waals surface area contributed by atoms with Gasteiger partial charge in [-0.15, -0.1) is 0 Å². The summed E-state index contributed by atoms with van der Waals surface area (Å²) in [7, 11) is 1.66. The van der Waals surface area contributed by atoms with E-state index in [2.05, 4.69) is 36.9 Å². The number of morpholine rings is 2. The van der Waals surface area contributed by atoms with Gasteiger partial charge in [-0.1, -0.05) is 12.1 Å². The highest BCUT2D eigenvalue weighted by Gasteiger charge is 2.30. The number of aromatic nitrogens is 4. The van der Waals surface area contributed by atoms with Crippen LogP contribution in [-0.2, 0) is 16.0 Å². The second-order valence-corrected chi connectivity index (χ2v) is 8.06. The summed E-state index contributed by atoms with van der Waals surface area (Å²) in [5, 5.41) is 9.85. The zero-order valence-electron chi connectivity index (χ0n) is 18.1. The summed E-state index contributed by atoms with van der Waals surface area (Å²) in [5.41, 5.74) is 2.66. The molecule has 0 spiro atoms. The Labute approximate surface area is 186 Å². The number of rotatable bonds is 6. The number of fused-ring (bicyclic) bond motifs is 1. The van der Waals surface area contributed by atoms with Crippen molar-refractivity contribution in [1.29, 1.82) is 0 Å². The molecule has 0 bridgehead atoms. The Bertz CT molecular complexity index is 1040. The minimum atomic E-state index is -0.309. The Morgan fingerprint density at radius 3 is 2.66 bits per heavy atom. The third kappa shape index (κ3) is 4.26. The van der Waals surface area contributed by atoms with E-state index in [9.17, 15) is 5.11 Å². The van der Waals surface area contributed by atoms with E-state index in [0.717, 1.165) is 42.4 Å². The summed E-state index contributed by atoms with van der Waals surface area (Å²) in [6.07, 6.45) is 2.74. The van der Waals surface area contributed by atoms with Crippen LogP contribution in [0.25, 0.3) is 11.2 Å². The van der Waals surface area contributed by atoms with E-state index in [4.69, 9.17) is 14.2 Å². The van der Waals surface area contributed by atoms with Gasteiger partial charge in [-0.2, -0.15) is 0 Å². The van der Waals surface area contributed by atoms with Gasteiger partial charge < -0.3 is 24.2 Å². The molecule has 2 saturated heterocycles. The van der Waals surface area contributed by atoms with Gasteiger partial charge in [0, 0.05) is 32.7 Å².